The Balaban J connectivity index is 2.41. The molecule has 0 bridgehead atoms. The molecule has 4 aromatic carbocycles. The zero-order chi connectivity index (χ0) is 20.7. The van der Waals surface area contributed by atoms with Gasteiger partial charge in [0.2, 0.25) is 5.69 Å². The van der Waals surface area contributed by atoms with E-state index in [2.05, 4.69) is 26.7 Å². The average molecular weight is 367 g/mol. The van der Waals surface area contributed by atoms with Gasteiger partial charge in [-0.1, -0.05) is 12.1 Å². The van der Waals surface area contributed by atoms with Crippen molar-refractivity contribution in [3.63, 3.8) is 0 Å². The van der Waals surface area contributed by atoms with Crippen LogP contribution in [0.1, 0.15) is 16.7 Å². The summed E-state index contributed by atoms with van der Waals surface area (Å²) in [4.78, 5) is 10.4. The molecule has 0 radical (unpaired) electrons. The van der Waals surface area contributed by atoms with E-state index in [1.807, 2.05) is 13.0 Å². The van der Waals surface area contributed by atoms with E-state index < -0.39 is 0 Å². The lowest BCUT2D eigenvalue weighted by Crippen LogP contribution is -1.89. The SMILES string of the molecule is [C-]#[N+]c1cc2c(cc1C#N)c1cc(C)c(C#N)cc1c1cc([N+]#[C-])c([N+]#[C-])cc21. The molecular weight excluding hydrogens is 358 g/mol. The van der Waals surface area contributed by atoms with E-state index >= 15 is 0 Å². The molecule has 5 nitrogen and oxygen atoms in total. The maximum absolute atomic E-state index is 9.48. The van der Waals surface area contributed by atoms with E-state index in [0.717, 1.165) is 32.5 Å². The summed E-state index contributed by atoms with van der Waals surface area (Å²) in [5.74, 6) is 0. The van der Waals surface area contributed by atoms with Gasteiger partial charge >= 0.3 is 0 Å². The Morgan fingerprint density at radius 3 is 1.41 bits per heavy atom. The summed E-state index contributed by atoms with van der Waals surface area (Å²) in [6.45, 7) is 24.1. The first-order chi connectivity index (χ1) is 14.1. The minimum atomic E-state index is 0.231. The normalized spacial score (nSPS) is 10.1. The maximum atomic E-state index is 9.48. The summed E-state index contributed by atoms with van der Waals surface area (Å²) in [6.07, 6.45) is 0. The van der Waals surface area contributed by atoms with Gasteiger partial charge in [0.1, 0.15) is 0 Å². The third-order valence-electron chi connectivity index (χ3n) is 5.09. The van der Waals surface area contributed by atoms with Crippen LogP contribution in [0.2, 0.25) is 0 Å². The molecule has 0 aliphatic rings. The van der Waals surface area contributed by atoms with Crippen molar-refractivity contribution in [3.05, 3.63) is 87.3 Å². The summed E-state index contributed by atoms with van der Waals surface area (Å²) in [5.41, 5.74) is 2.32. The molecule has 0 unspecified atom stereocenters. The molecule has 0 spiro atoms. The molecule has 0 N–H and O–H groups in total. The van der Waals surface area contributed by atoms with Gasteiger partial charge in [-0.15, -0.1) is 0 Å². The van der Waals surface area contributed by atoms with Crippen LogP contribution in [0, 0.1) is 49.3 Å². The van der Waals surface area contributed by atoms with Crippen LogP contribution in [0.5, 0.6) is 0 Å². The van der Waals surface area contributed by atoms with Crippen molar-refractivity contribution < 1.29 is 0 Å². The van der Waals surface area contributed by atoms with E-state index in [4.69, 9.17) is 19.7 Å². The molecule has 0 saturated heterocycles. The molecular formula is C24H9N5. The molecule has 29 heavy (non-hydrogen) atoms. The number of nitrogens with zero attached hydrogens (tertiary/aromatic N) is 5. The Morgan fingerprint density at radius 1 is 0.586 bits per heavy atom. The number of benzene rings is 4. The topological polar surface area (TPSA) is 60.7 Å². The lowest BCUT2D eigenvalue weighted by atomic mass is 9.90. The lowest BCUT2D eigenvalue weighted by Gasteiger charge is -2.14. The monoisotopic (exact) mass is 367 g/mol. The number of aryl methyl sites for hydroxylation is 1. The molecule has 0 aliphatic heterocycles. The van der Waals surface area contributed by atoms with Crippen LogP contribution in [-0.2, 0) is 0 Å². The number of hydrogen-bond donors (Lipinski definition) is 0. The van der Waals surface area contributed by atoms with Crippen molar-refractivity contribution >= 4 is 49.4 Å². The highest BCUT2D eigenvalue weighted by atomic mass is 14.7. The van der Waals surface area contributed by atoms with Gasteiger partial charge in [-0.3, -0.25) is 9.69 Å². The Bertz CT molecular complexity index is 1560. The Labute approximate surface area is 166 Å². The first-order valence-electron chi connectivity index (χ1n) is 8.50. The Hall–Kier alpha value is -4.89. The van der Waals surface area contributed by atoms with Gasteiger partial charge in [-0.2, -0.15) is 10.5 Å². The molecule has 4 rings (SSSR count). The Kier molecular flexibility index (Phi) is 3.85. The molecule has 130 valence electrons. The van der Waals surface area contributed by atoms with E-state index in [-0.39, 0.29) is 22.6 Å². The number of rotatable bonds is 0. The summed E-state index contributed by atoms with van der Waals surface area (Å²) < 4.78 is 0. The molecule has 0 heterocycles. The van der Waals surface area contributed by atoms with E-state index in [9.17, 15) is 10.5 Å². The van der Waals surface area contributed by atoms with Crippen LogP contribution in [0.3, 0.4) is 0 Å². The van der Waals surface area contributed by atoms with Crippen molar-refractivity contribution in [1.29, 1.82) is 10.5 Å². The predicted molar refractivity (Wildman–Crippen MR) is 112 cm³/mol. The second-order valence-electron chi connectivity index (χ2n) is 6.57. The molecule has 5 heteroatoms. The zero-order valence-corrected chi connectivity index (χ0v) is 15.2. The first-order valence-corrected chi connectivity index (χ1v) is 8.50. The fourth-order valence-corrected chi connectivity index (χ4v) is 3.69. The van der Waals surface area contributed by atoms with Crippen molar-refractivity contribution in [3.8, 4) is 12.1 Å². The maximum Gasteiger partial charge on any atom is 0.205 e. The van der Waals surface area contributed by atoms with E-state index in [1.165, 1.54) is 0 Å². The second kappa shape index (κ2) is 6.37. The zero-order valence-electron chi connectivity index (χ0n) is 15.2. The third-order valence-corrected chi connectivity index (χ3v) is 5.09. The van der Waals surface area contributed by atoms with Crippen LogP contribution in [0.25, 0.3) is 46.9 Å². The van der Waals surface area contributed by atoms with Gasteiger partial charge in [0.25, 0.3) is 0 Å². The summed E-state index contributed by atoms with van der Waals surface area (Å²) in [6, 6.07) is 14.6. The fourth-order valence-electron chi connectivity index (χ4n) is 3.69. The average Bonchev–Trinajstić information content (AvgIpc) is 2.76. The van der Waals surface area contributed by atoms with Crippen molar-refractivity contribution in [2.24, 2.45) is 0 Å². The van der Waals surface area contributed by atoms with Gasteiger partial charge in [-0.25, -0.2) is 4.85 Å². The highest BCUT2D eigenvalue weighted by molar-refractivity contribution is 6.27. The molecule has 0 saturated carbocycles. The van der Waals surface area contributed by atoms with Crippen molar-refractivity contribution in [2.45, 2.75) is 6.92 Å². The standard InChI is InChI=1S/C24H9N5/c1-13-5-16-17(6-14(13)11-25)20-9-23(28-3)24(29-4)10-21(20)19-8-22(27-2)15(12-26)7-18(16)19/h5-10H,1H3. The molecule has 0 amide bonds. The first kappa shape index (κ1) is 17.5. The third kappa shape index (κ3) is 2.43. The Morgan fingerprint density at radius 2 is 0.966 bits per heavy atom. The highest BCUT2D eigenvalue weighted by Crippen LogP contribution is 2.43. The van der Waals surface area contributed by atoms with Crippen LogP contribution in [-0.4, -0.2) is 0 Å². The number of hydrogen-bond acceptors (Lipinski definition) is 2. The summed E-state index contributed by atoms with van der Waals surface area (Å²) >= 11 is 0. The van der Waals surface area contributed by atoms with Gasteiger partial charge in [0.15, 0.2) is 11.4 Å². The minimum absolute atomic E-state index is 0.231. The van der Waals surface area contributed by atoms with Crippen LogP contribution < -0.4 is 0 Å². The van der Waals surface area contributed by atoms with Gasteiger partial charge in [-0.05, 0) is 69.1 Å². The number of nitriles is 2. The van der Waals surface area contributed by atoms with Gasteiger partial charge in [0.05, 0.1) is 43.0 Å². The van der Waals surface area contributed by atoms with E-state index in [0.29, 0.717) is 10.9 Å². The lowest BCUT2D eigenvalue weighted by molar-refractivity contribution is 1.42. The minimum Gasteiger partial charge on any atom is -0.250 e. The molecule has 4 aromatic rings. The predicted octanol–water partition coefficient (Wildman–Crippen LogP) is 6.85. The quantitative estimate of drug-likeness (QED) is 0.252. The molecule has 0 aliphatic carbocycles. The second-order valence-corrected chi connectivity index (χ2v) is 6.57. The van der Waals surface area contributed by atoms with E-state index in [1.54, 1.807) is 30.3 Å². The number of fused-ring (bicyclic) bond motifs is 6. The van der Waals surface area contributed by atoms with Gasteiger partial charge in [0, 0.05) is 0 Å². The van der Waals surface area contributed by atoms with Crippen LogP contribution in [0.15, 0.2) is 36.4 Å². The smallest absolute Gasteiger partial charge is 0.205 e. The molecule has 0 atom stereocenters. The summed E-state index contributed by atoms with van der Waals surface area (Å²) in [7, 11) is 0. The largest absolute Gasteiger partial charge is 0.250 e. The molecule has 0 fully saturated rings. The van der Waals surface area contributed by atoms with Crippen molar-refractivity contribution in [1.82, 2.24) is 0 Å². The van der Waals surface area contributed by atoms with Crippen LogP contribution >= 0.6 is 0 Å². The fraction of sp³-hybridized carbons (Fsp3) is 0.0417. The van der Waals surface area contributed by atoms with Gasteiger partial charge < -0.3 is 0 Å². The van der Waals surface area contributed by atoms with Crippen LogP contribution in [0.4, 0.5) is 17.1 Å². The highest BCUT2D eigenvalue weighted by Gasteiger charge is 2.16. The molecule has 0 aromatic heterocycles. The summed E-state index contributed by atoms with van der Waals surface area (Å²) in [5, 5.41) is 23.5. The van der Waals surface area contributed by atoms with Crippen molar-refractivity contribution in [2.75, 3.05) is 0 Å².